The average Bonchev–Trinajstić information content (AvgIpc) is 3.05. The van der Waals surface area contributed by atoms with Crippen molar-refractivity contribution in [2.24, 2.45) is 0 Å². The molecule has 1 aliphatic heterocycles. The molecule has 0 bridgehead atoms. The molecule has 4 aromatic carbocycles. The molecule has 0 aromatic heterocycles. The second kappa shape index (κ2) is 16.9. The molecule has 5 atom stereocenters. The molecule has 0 amide bonds. The largest absolute Gasteiger partial charge is 0.374 e. The van der Waals surface area contributed by atoms with Crippen LogP contribution < -0.4 is 0 Å². The molecule has 0 aliphatic carbocycles. The molecule has 5 rings (SSSR count). The quantitative estimate of drug-likeness (QED) is 0.129. The summed E-state index contributed by atoms with van der Waals surface area (Å²) < 4.78 is 33.0. The third-order valence-electron chi connectivity index (χ3n) is 7.03. The van der Waals surface area contributed by atoms with Gasteiger partial charge < -0.3 is 23.7 Å². The van der Waals surface area contributed by atoms with E-state index in [1.54, 1.807) is 21.6 Å². The van der Waals surface area contributed by atoms with Crippen LogP contribution in [0.3, 0.4) is 0 Å². The lowest BCUT2D eigenvalue weighted by Crippen LogP contribution is -2.60. The van der Waals surface area contributed by atoms with Gasteiger partial charge in [-0.05, 0) is 28.5 Å². The average molecular weight is 603 g/mol. The van der Waals surface area contributed by atoms with Crippen LogP contribution >= 0.6 is 21.6 Å². The van der Waals surface area contributed by atoms with E-state index in [9.17, 15) is 0 Å². The van der Waals surface area contributed by atoms with Gasteiger partial charge in [0.2, 0.25) is 0 Å². The van der Waals surface area contributed by atoms with Gasteiger partial charge in [0.25, 0.3) is 0 Å². The maximum atomic E-state index is 6.74. The Hall–Kier alpha value is -2.62. The highest BCUT2D eigenvalue weighted by Crippen LogP contribution is 2.39. The number of ether oxygens (including phenoxy) is 5. The van der Waals surface area contributed by atoms with E-state index < -0.39 is 6.10 Å². The Morgan fingerprint density at radius 1 is 0.524 bits per heavy atom. The molecule has 0 saturated carbocycles. The van der Waals surface area contributed by atoms with Gasteiger partial charge in [-0.2, -0.15) is 0 Å². The topological polar surface area (TPSA) is 46.2 Å². The SMILES string of the molecule is CSS[C@H]1O[C@H](COCc2ccccc2)[C@@H](OCc2ccccc2)[C@H](OCc2ccccc2)[C@H]1OCc1ccccc1. The van der Waals surface area contributed by atoms with Crippen LogP contribution in [-0.4, -0.2) is 42.7 Å². The lowest BCUT2D eigenvalue weighted by molar-refractivity contribution is -0.254. The van der Waals surface area contributed by atoms with Gasteiger partial charge in [0, 0.05) is 0 Å². The predicted octanol–water partition coefficient (Wildman–Crippen LogP) is 7.70. The standard InChI is InChI=1S/C35H38O5S2/c1-41-42-35-34(39-25-30-20-12-5-13-21-30)33(38-24-29-18-10-4-11-19-29)32(37-23-28-16-8-3-9-17-28)31(40-35)26-36-22-27-14-6-2-7-15-27/h2-21,31-35H,22-26H2,1H3/t31-,32-,33+,34-,35-/m1/s1. The molecule has 4 aromatic rings. The molecular formula is C35H38O5S2. The van der Waals surface area contributed by atoms with Crippen LogP contribution in [0.1, 0.15) is 22.3 Å². The van der Waals surface area contributed by atoms with Crippen LogP contribution in [0, 0.1) is 0 Å². The van der Waals surface area contributed by atoms with Crippen molar-refractivity contribution in [1.82, 2.24) is 0 Å². The summed E-state index contributed by atoms with van der Waals surface area (Å²) in [6, 6.07) is 40.8. The molecule has 0 N–H and O–H groups in total. The van der Waals surface area contributed by atoms with Gasteiger partial charge in [0.15, 0.2) is 0 Å². The second-order valence-corrected chi connectivity index (χ2v) is 12.7. The molecule has 0 unspecified atom stereocenters. The normalized spacial score (nSPS) is 22.2. The monoisotopic (exact) mass is 602 g/mol. The van der Waals surface area contributed by atoms with E-state index in [1.165, 1.54) is 0 Å². The molecular weight excluding hydrogens is 565 g/mol. The minimum atomic E-state index is -0.413. The Morgan fingerprint density at radius 3 is 1.38 bits per heavy atom. The van der Waals surface area contributed by atoms with E-state index in [0.717, 1.165) is 22.3 Å². The summed E-state index contributed by atoms with van der Waals surface area (Å²) in [4.78, 5) is 0. The van der Waals surface area contributed by atoms with Crippen LogP contribution in [-0.2, 0) is 50.1 Å². The zero-order valence-corrected chi connectivity index (χ0v) is 25.5. The van der Waals surface area contributed by atoms with E-state index >= 15 is 0 Å². The van der Waals surface area contributed by atoms with Crippen molar-refractivity contribution < 1.29 is 23.7 Å². The Kier molecular flexibility index (Phi) is 12.4. The number of rotatable bonds is 15. The fourth-order valence-corrected chi connectivity index (χ4v) is 6.67. The van der Waals surface area contributed by atoms with Crippen molar-refractivity contribution in [3.63, 3.8) is 0 Å². The third kappa shape index (κ3) is 9.19. The zero-order chi connectivity index (χ0) is 28.8. The summed E-state index contributed by atoms with van der Waals surface area (Å²) in [6.07, 6.45) is 0.545. The maximum absolute atomic E-state index is 6.74. The zero-order valence-electron chi connectivity index (χ0n) is 23.8. The van der Waals surface area contributed by atoms with Crippen molar-refractivity contribution in [2.45, 2.75) is 56.3 Å². The predicted molar refractivity (Wildman–Crippen MR) is 171 cm³/mol. The summed E-state index contributed by atoms with van der Waals surface area (Å²) in [7, 11) is 3.31. The molecule has 1 aliphatic rings. The molecule has 7 heteroatoms. The Labute approximate surface area is 257 Å². The third-order valence-corrected chi connectivity index (χ3v) is 8.94. The summed E-state index contributed by atoms with van der Waals surface area (Å²) in [6.45, 7) is 2.19. The van der Waals surface area contributed by atoms with Crippen molar-refractivity contribution in [2.75, 3.05) is 12.9 Å². The van der Waals surface area contributed by atoms with Crippen LogP contribution in [0.15, 0.2) is 121 Å². The van der Waals surface area contributed by atoms with Crippen LogP contribution in [0.2, 0.25) is 0 Å². The Morgan fingerprint density at radius 2 is 0.929 bits per heavy atom. The van der Waals surface area contributed by atoms with Crippen molar-refractivity contribution in [3.05, 3.63) is 144 Å². The molecule has 0 spiro atoms. The summed E-state index contributed by atoms with van der Waals surface area (Å²) in [5, 5.41) is 0. The highest BCUT2D eigenvalue weighted by molar-refractivity contribution is 8.76. The van der Waals surface area contributed by atoms with E-state index in [-0.39, 0.29) is 23.7 Å². The van der Waals surface area contributed by atoms with Gasteiger partial charge in [-0.25, -0.2) is 0 Å². The van der Waals surface area contributed by atoms with Crippen LogP contribution in [0.25, 0.3) is 0 Å². The minimum Gasteiger partial charge on any atom is -0.374 e. The van der Waals surface area contributed by atoms with E-state index in [2.05, 4.69) is 54.8 Å². The Bertz CT molecular complexity index is 1280. The summed E-state index contributed by atoms with van der Waals surface area (Å²) in [5.41, 5.74) is 4.13. The van der Waals surface area contributed by atoms with E-state index in [4.69, 9.17) is 23.7 Å². The van der Waals surface area contributed by atoms with Gasteiger partial charge in [-0.1, -0.05) is 143 Å². The maximum Gasteiger partial charge on any atom is 0.142 e. The highest BCUT2D eigenvalue weighted by atomic mass is 33.1. The van der Waals surface area contributed by atoms with E-state index in [1.807, 2.05) is 72.8 Å². The molecule has 1 saturated heterocycles. The molecule has 220 valence electrons. The van der Waals surface area contributed by atoms with Gasteiger partial charge in [-0.3, -0.25) is 0 Å². The van der Waals surface area contributed by atoms with Crippen LogP contribution in [0.4, 0.5) is 0 Å². The molecule has 1 fully saturated rings. The first kappa shape index (κ1) is 30.8. The van der Waals surface area contributed by atoms with Gasteiger partial charge in [0.1, 0.15) is 29.9 Å². The van der Waals surface area contributed by atoms with Gasteiger partial charge in [0.05, 0.1) is 33.0 Å². The number of hydrogen-bond acceptors (Lipinski definition) is 7. The van der Waals surface area contributed by atoms with Gasteiger partial charge >= 0.3 is 0 Å². The Balaban J connectivity index is 1.40. The van der Waals surface area contributed by atoms with E-state index in [0.29, 0.717) is 33.0 Å². The van der Waals surface area contributed by atoms with Crippen molar-refractivity contribution in [1.29, 1.82) is 0 Å². The fourth-order valence-electron chi connectivity index (χ4n) is 4.92. The first-order valence-corrected chi connectivity index (χ1v) is 16.9. The first-order valence-electron chi connectivity index (χ1n) is 14.2. The lowest BCUT2D eigenvalue weighted by atomic mass is 9.98. The molecule has 42 heavy (non-hydrogen) atoms. The van der Waals surface area contributed by atoms with Gasteiger partial charge in [-0.15, -0.1) is 0 Å². The molecule has 0 radical (unpaired) electrons. The second-order valence-electron chi connectivity index (χ2n) is 10.1. The molecule has 5 nitrogen and oxygen atoms in total. The highest BCUT2D eigenvalue weighted by Gasteiger charge is 2.48. The smallest absolute Gasteiger partial charge is 0.142 e. The summed E-state index contributed by atoms with van der Waals surface area (Å²) in [5.74, 6) is 0. The summed E-state index contributed by atoms with van der Waals surface area (Å²) >= 11 is 0. The van der Waals surface area contributed by atoms with Crippen LogP contribution in [0.5, 0.6) is 0 Å². The number of hydrogen-bond donors (Lipinski definition) is 0. The minimum absolute atomic E-state index is 0.272. The fraction of sp³-hybridized carbons (Fsp3) is 0.314. The molecule has 1 heterocycles. The lowest BCUT2D eigenvalue weighted by Gasteiger charge is -2.45. The number of benzene rings is 4. The van der Waals surface area contributed by atoms with Crippen molar-refractivity contribution in [3.8, 4) is 0 Å². The first-order chi connectivity index (χ1) is 20.8. The van der Waals surface area contributed by atoms with Crippen molar-refractivity contribution >= 4 is 21.6 Å².